The Balaban J connectivity index is 1.73. The molecule has 212 valence electrons. The third kappa shape index (κ3) is 12.0. The zero-order valence-electron chi connectivity index (χ0n) is 23.0. The van der Waals surface area contributed by atoms with E-state index in [9.17, 15) is 19.2 Å². The van der Waals surface area contributed by atoms with E-state index in [-0.39, 0.29) is 17.7 Å². The van der Waals surface area contributed by atoms with Crippen molar-refractivity contribution in [2.45, 2.75) is 89.5 Å². The molecule has 0 radical (unpaired) electrons. The average Bonchev–Trinajstić information content (AvgIpc) is 2.95. The smallest absolute Gasteiger partial charge is 0.347 e. The summed E-state index contributed by atoms with van der Waals surface area (Å²) in [5.74, 6) is -2.75. The van der Waals surface area contributed by atoms with Gasteiger partial charge in [0, 0.05) is 11.3 Å². The van der Waals surface area contributed by atoms with Gasteiger partial charge in [-0.2, -0.15) is 0 Å². The number of hydrogen-bond acceptors (Lipinski definition) is 6. The van der Waals surface area contributed by atoms with Crippen molar-refractivity contribution in [3.05, 3.63) is 65.7 Å². The number of carbonyl (C=O) groups excluding carboxylic acids is 4. The average molecular weight is 558 g/mol. The summed E-state index contributed by atoms with van der Waals surface area (Å²) in [5.41, 5.74) is 0.638. The van der Waals surface area contributed by atoms with Gasteiger partial charge in [0.2, 0.25) is 5.91 Å². The SMILES string of the molecule is CCCCCCCCCCCCOC(=O)C(C)OC(=O)c1cccc(C(=O)C(Cl)C(=O)Nc2ccccc2)c1. The van der Waals surface area contributed by atoms with E-state index in [1.54, 1.807) is 30.3 Å². The van der Waals surface area contributed by atoms with Crippen LogP contribution in [0.1, 0.15) is 98.8 Å². The van der Waals surface area contributed by atoms with Gasteiger partial charge in [-0.3, -0.25) is 9.59 Å². The van der Waals surface area contributed by atoms with Crippen molar-refractivity contribution < 1.29 is 28.7 Å². The number of nitrogens with one attached hydrogen (secondary N) is 1. The number of carbonyl (C=O) groups is 4. The largest absolute Gasteiger partial charge is 0.463 e. The van der Waals surface area contributed by atoms with E-state index >= 15 is 0 Å². The van der Waals surface area contributed by atoms with Crippen LogP contribution in [-0.4, -0.2) is 41.7 Å². The number of unbranched alkanes of at least 4 members (excludes halogenated alkanes) is 9. The molecule has 2 aromatic rings. The molecule has 39 heavy (non-hydrogen) atoms. The minimum Gasteiger partial charge on any atom is -0.463 e. The molecule has 0 bridgehead atoms. The molecule has 0 aliphatic rings. The minimum absolute atomic E-state index is 0.0579. The maximum absolute atomic E-state index is 12.7. The van der Waals surface area contributed by atoms with E-state index in [2.05, 4.69) is 12.2 Å². The first-order chi connectivity index (χ1) is 18.8. The number of alkyl halides is 1. The van der Waals surface area contributed by atoms with Gasteiger partial charge in [-0.05, 0) is 37.6 Å². The fourth-order valence-electron chi connectivity index (χ4n) is 3.95. The number of esters is 2. The van der Waals surface area contributed by atoms with E-state index in [4.69, 9.17) is 21.1 Å². The van der Waals surface area contributed by atoms with E-state index in [1.165, 1.54) is 76.1 Å². The zero-order chi connectivity index (χ0) is 28.5. The lowest BCUT2D eigenvalue weighted by atomic mass is 10.0. The van der Waals surface area contributed by atoms with Crippen LogP contribution in [0.5, 0.6) is 0 Å². The normalized spacial score (nSPS) is 12.3. The minimum atomic E-state index is -1.49. The van der Waals surface area contributed by atoms with Crippen molar-refractivity contribution >= 4 is 40.9 Å². The van der Waals surface area contributed by atoms with Crippen LogP contribution in [0.15, 0.2) is 54.6 Å². The molecule has 0 saturated carbocycles. The maximum Gasteiger partial charge on any atom is 0.347 e. The van der Waals surface area contributed by atoms with Gasteiger partial charge in [-0.1, -0.05) is 95.0 Å². The Kier molecular flexibility index (Phi) is 14.9. The van der Waals surface area contributed by atoms with Crippen molar-refractivity contribution in [1.29, 1.82) is 0 Å². The quantitative estimate of drug-likeness (QED) is 0.0688. The Labute approximate surface area is 236 Å². The van der Waals surface area contributed by atoms with Gasteiger partial charge >= 0.3 is 11.9 Å². The molecular weight excluding hydrogens is 518 g/mol. The molecule has 0 aliphatic carbocycles. The molecule has 0 fully saturated rings. The number of halogens is 1. The van der Waals surface area contributed by atoms with Crippen molar-refractivity contribution in [2.24, 2.45) is 0 Å². The topological polar surface area (TPSA) is 98.8 Å². The molecular formula is C31H40ClNO6. The summed E-state index contributed by atoms with van der Waals surface area (Å²) in [6.07, 6.45) is 10.7. The van der Waals surface area contributed by atoms with Crippen molar-refractivity contribution in [3.63, 3.8) is 0 Å². The number of hydrogen-bond donors (Lipinski definition) is 1. The molecule has 8 heteroatoms. The molecule has 0 saturated heterocycles. The molecule has 1 N–H and O–H groups in total. The van der Waals surface area contributed by atoms with Gasteiger partial charge in [0.25, 0.3) is 0 Å². The van der Waals surface area contributed by atoms with Gasteiger partial charge in [0.15, 0.2) is 17.3 Å². The number of rotatable bonds is 18. The van der Waals surface area contributed by atoms with Crippen LogP contribution >= 0.6 is 11.6 Å². The number of anilines is 1. The first-order valence-corrected chi connectivity index (χ1v) is 14.3. The predicted octanol–water partition coefficient (Wildman–Crippen LogP) is 7.12. The van der Waals surface area contributed by atoms with Crippen LogP contribution in [-0.2, 0) is 19.1 Å². The molecule has 7 nitrogen and oxygen atoms in total. The van der Waals surface area contributed by atoms with Crippen LogP contribution < -0.4 is 5.32 Å². The number of amides is 1. The summed E-state index contributed by atoms with van der Waals surface area (Å²) < 4.78 is 10.5. The standard InChI is InChI=1S/C31H40ClNO6/c1-3-4-5-6-7-8-9-10-11-15-21-38-30(36)23(2)39-31(37)25-18-16-17-24(22-25)28(34)27(32)29(35)33-26-19-13-12-14-20-26/h12-14,16-20,22-23,27H,3-11,15,21H2,1-2H3,(H,33,35). The summed E-state index contributed by atoms with van der Waals surface area (Å²) >= 11 is 6.10. The first-order valence-electron chi connectivity index (χ1n) is 13.8. The Morgan fingerprint density at radius 2 is 1.38 bits per heavy atom. The Morgan fingerprint density at radius 3 is 2.03 bits per heavy atom. The Morgan fingerprint density at radius 1 is 0.795 bits per heavy atom. The molecule has 0 aliphatic heterocycles. The highest BCUT2D eigenvalue weighted by molar-refractivity contribution is 6.45. The lowest BCUT2D eigenvalue weighted by Crippen LogP contribution is -2.31. The van der Waals surface area contributed by atoms with Gasteiger partial charge in [0.1, 0.15) is 0 Å². The van der Waals surface area contributed by atoms with Gasteiger partial charge in [0.05, 0.1) is 12.2 Å². The van der Waals surface area contributed by atoms with Crippen LogP contribution in [0.3, 0.4) is 0 Å². The van der Waals surface area contributed by atoms with Crippen LogP contribution in [0, 0.1) is 0 Å². The molecule has 2 aromatic carbocycles. The summed E-state index contributed by atoms with van der Waals surface area (Å²) in [6.45, 7) is 3.94. The number of para-hydroxylation sites is 1. The molecule has 0 aromatic heterocycles. The molecule has 1 amide bonds. The highest BCUT2D eigenvalue weighted by Crippen LogP contribution is 2.16. The predicted molar refractivity (Wildman–Crippen MR) is 153 cm³/mol. The van der Waals surface area contributed by atoms with E-state index in [1.807, 2.05) is 0 Å². The van der Waals surface area contributed by atoms with Crippen LogP contribution in [0.25, 0.3) is 0 Å². The second kappa shape index (κ2) is 18.2. The lowest BCUT2D eigenvalue weighted by Gasteiger charge is -2.14. The summed E-state index contributed by atoms with van der Waals surface area (Å²) in [6, 6.07) is 14.3. The van der Waals surface area contributed by atoms with Gasteiger partial charge in [-0.15, -0.1) is 11.6 Å². The maximum atomic E-state index is 12.7. The van der Waals surface area contributed by atoms with Crippen molar-refractivity contribution in [3.8, 4) is 0 Å². The third-order valence-corrected chi connectivity index (χ3v) is 6.64. The van der Waals surface area contributed by atoms with Crippen molar-refractivity contribution in [1.82, 2.24) is 0 Å². The highest BCUT2D eigenvalue weighted by Gasteiger charge is 2.27. The Hall–Kier alpha value is -3.19. The van der Waals surface area contributed by atoms with E-state index < -0.39 is 35.1 Å². The summed E-state index contributed by atoms with van der Waals surface area (Å²) in [7, 11) is 0. The Bertz CT molecular complexity index is 1060. The number of benzene rings is 2. The molecule has 2 unspecified atom stereocenters. The number of ketones is 1. The summed E-state index contributed by atoms with van der Waals surface area (Å²) in [4.78, 5) is 50.0. The second-order valence-electron chi connectivity index (χ2n) is 9.56. The van der Waals surface area contributed by atoms with E-state index in [0.29, 0.717) is 5.69 Å². The molecule has 0 heterocycles. The monoisotopic (exact) mass is 557 g/mol. The van der Waals surface area contributed by atoms with Crippen LogP contribution in [0.2, 0.25) is 0 Å². The molecule has 0 spiro atoms. The van der Waals surface area contributed by atoms with Crippen LogP contribution in [0.4, 0.5) is 5.69 Å². The fraction of sp³-hybridized carbons (Fsp3) is 0.484. The summed E-state index contributed by atoms with van der Waals surface area (Å²) in [5, 5.41) is 1.09. The number of ether oxygens (including phenoxy) is 2. The van der Waals surface area contributed by atoms with Crippen molar-refractivity contribution in [2.75, 3.05) is 11.9 Å². The third-order valence-electron chi connectivity index (χ3n) is 6.24. The highest BCUT2D eigenvalue weighted by atomic mass is 35.5. The van der Waals surface area contributed by atoms with Gasteiger partial charge < -0.3 is 14.8 Å². The van der Waals surface area contributed by atoms with Gasteiger partial charge in [-0.25, -0.2) is 9.59 Å². The lowest BCUT2D eigenvalue weighted by molar-refractivity contribution is -0.153. The number of Topliss-reactive ketones (excluding diaryl/α,β-unsaturated/α-hetero) is 1. The first kappa shape index (κ1) is 32.0. The molecule has 2 rings (SSSR count). The van der Waals surface area contributed by atoms with E-state index in [0.717, 1.165) is 19.3 Å². The zero-order valence-corrected chi connectivity index (χ0v) is 23.7. The second-order valence-corrected chi connectivity index (χ2v) is 10.00. The molecule has 2 atom stereocenters. The fourth-order valence-corrected chi connectivity index (χ4v) is 4.13.